The SMILES string of the molecule is COC(=O)C(NC(=O)OCc1ccccc1)C(C)OC1OC(CO)C(O)C(O)C1NC(C)=O. The second kappa shape index (κ2) is 12.5. The van der Waals surface area contributed by atoms with Crippen molar-refractivity contribution >= 4 is 18.0 Å². The molecule has 0 radical (unpaired) electrons. The van der Waals surface area contributed by atoms with Crippen LogP contribution in [0.1, 0.15) is 19.4 Å². The first-order valence-corrected chi connectivity index (χ1v) is 10.3. The highest BCUT2D eigenvalue weighted by Gasteiger charge is 2.46. The van der Waals surface area contributed by atoms with Crippen LogP contribution < -0.4 is 10.6 Å². The van der Waals surface area contributed by atoms with Gasteiger partial charge in [-0.15, -0.1) is 0 Å². The minimum absolute atomic E-state index is 0.0333. The average Bonchev–Trinajstić information content (AvgIpc) is 2.80. The van der Waals surface area contributed by atoms with Gasteiger partial charge in [0, 0.05) is 6.92 Å². The van der Waals surface area contributed by atoms with Crippen LogP contribution in [0.5, 0.6) is 0 Å². The monoisotopic (exact) mass is 470 g/mol. The number of nitrogens with one attached hydrogen (secondary N) is 2. The molecule has 5 N–H and O–H groups in total. The molecule has 12 heteroatoms. The van der Waals surface area contributed by atoms with Crippen LogP contribution in [0.25, 0.3) is 0 Å². The fourth-order valence-electron chi connectivity index (χ4n) is 3.26. The van der Waals surface area contributed by atoms with Gasteiger partial charge in [0.25, 0.3) is 0 Å². The fraction of sp³-hybridized carbons (Fsp3) is 0.571. The Hall–Kier alpha value is -2.77. The van der Waals surface area contributed by atoms with E-state index in [1.54, 1.807) is 24.3 Å². The van der Waals surface area contributed by atoms with E-state index in [-0.39, 0.29) is 6.61 Å². The number of carbonyl (C=O) groups excluding carboxylic acids is 3. The zero-order chi connectivity index (χ0) is 24.5. The van der Waals surface area contributed by atoms with Crippen molar-refractivity contribution in [2.24, 2.45) is 0 Å². The molecule has 0 aliphatic carbocycles. The number of hydrogen-bond donors (Lipinski definition) is 5. The summed E-state index contributed by atoms with van der Waals surface area (Å²) < 4.78 is 21.1. The highest BCUT2D eigenvalue weighted by atomic mass is 16.7. The number of hydrogen-bond acceptors (Lipinski definition) is 10. The number of methoxy groups -OCH3 is 1. The Bertz CT molecular complexity index is 793. The van der Waals surface area contributed by atoms with Crippen molar-refractivity contribution in [3.8, 4) is 0 Å². The molecule has 1 aromatic rings. The third-order valence-electron chi connectivity index (χ3n) is 5.01. The Balaban J connectivity index is 2.09. The Kier molecular flexibility index (Phi) is 10.0. The Labute approximate surface area is 190 Å². The lowest BCUT2D eigenvalue weighted by Crippen LogP contribution is -2.65. The van der Waals surface area contributed by atoms with Crippen LogP contribution in [0.2, 0.25) is 0 Å². The number of ether oxygens (including phenoxy) is 4. The summed E-state index contributed by atoms with van der Waals surface area (Å²) in [6, 6.07) is 6.35. The summed E-state index contributed by atoms with van der Waals surface area (Å²) in [5.74, 6) is -1.38. The normalized spacial score (nSPS) is 26.5. The number of aliphatic hydroxyl groups is 3. The lowest BCUT2D eigenvalue weighted by atomic mass is 9.96. The minimum Gasteiger partial charge on any atom is -0.467 e. The molecular formula is C21H30N2O10. The van der Waals surface area contributed by atoms with Crippen molar-refractivity contribution in [1.82, 2.24) is 10.6 Å². The van der Waals surface area contributed by atoms with Crippen molar-refractivity contribution in [2.75, 3.05) is 13.7 Å². The zero-order valence-corrected chi connectivity index (χ0v) is 18.5. The molecule has 0 bridgehead atoms. The molecule has 0 aromatic heterocycles. The van der Waals surface area contributed by atoms with Crippen LogP contribution >= 0.6 is 0 Å². The van der Waals surface area contributed by atoms with Gasteiger partial charge in [0.05, 0.1) is 19.8 Å². The standard InChI is InChI=1S/C21H30N2O10/c1-11(32-20-16(22-12(2)25)18(27)17(26)14(9-24)33-20)15(19(28)30-3)23-21(29)31-10-13-7-5-4-6-8-13/h4-8,11,14-18,20,24,26-27H,9-10H2,1-3H3,(H,22,25)(H,23,29). The molecule has 7 atom stereocenters. The maximum absolute atomic E-state index is 12.3. The van der Waals surface area contributed by atoms with Gasteiger partial charge < -0.3 is 44.9 Å². The number of alkyl carbamates (subject to hydrolysis) is 1. The maximum atomic E-state index is 12.3. The van der Waals surface area contributed by atoms with Crippen molar-refractivity contribution in [3.05, 3.63) is 35.9 Å². The van der Waals surface area contributed by atoms with Gasteiger partial charge in [-0.05, 0) is 12.5 Å². The molecule has 1 aromatic carbocycles. The molecular weight excluding hydrogens is 440 g/mol. The third-order valence-corrected chi connectivity index (χ3v) is 5.01. The summed E-state index contributed by atoms with van der Waals surface area (Å²) in [5.41, 5.74) is 0.739. The van der Waals surface area contributed by atoms with Crippen LogP contribution in [-0.4, -0.2) is 89.8 Å². The number of esters is 1. The lowest BCUT2D eigenvalue weighted by Gasteiger charge is -2.43. The predicted molar refractivity (Wildman–Crippen MR) is 111 cm³/mol. The van der Waals surface area contributed by atoms with Gasteiger partial charge in [0.2, 0.25) is 5.91 Å². The van der Waals surface area contributed by atoms with E-state index in [1.165, 1.54) is 13.8 Å². The molecule has 2 amide bonds. The summed E-state index contributed by atoms with van der Waals surface area (Å²) in [5, 5.41) is 34.7. The number of amides is 2. The van der Waals surface area contributed by atoms with Crippen LogP contribution in [-0.2, 0) is 35.1 Å². The number of aliphatic hydroxyl groups excluding tert-OH is 3. The van der Waals surface area contributed by atoms with Crippen molar-refractivity contribution < 1.29 is 48.7 Å². The predicted octanol–water partition coefficient (Wildman–Crippen LogP) is -1.20. The van der Waals surface area contributed by atoms with E-state index in [2.05, 4.69) is 10.6 Å². The second-order valence-corrected chi connectivity index (χ2v) is 7.48. The Morgan fingerprint density at radius 2 is 1.82 bits per heavy atom. The van der Waals surface area contributed by atoms with Gasteiger partial charge in [-0.25, -0.2) is 9.59 Å². The van der Waals surface area contributed by atoms with E-state index < -0.39 is 67.4 Å². The van der Waals surface area contributed by atoms with Gasteiger partial charge in [-0.1, -0.05) is 30.3 Å². The smallest absolute Gasteiger partial charge is 0.408 e. The zero-order valence-electron chi connectivity index (χ0n) is 18.5. The van der Waals surface area contributed by atoms with Gasteiger partial charge in [-0.2, -0.15) is 0 Å². The summed E-state index contributed by atoms with van der Waals surface area (Å²) in [4.78, 5) is 36.1. The first kappa shape index (κ1) is 26.5. The van der Waals surface area contributed by atoms with Crippen molar-refractivity contribution in [3.63, 3.8) is 0 Å². The molecule has 1 saturated heterocycles. The summed E-state index contributed by atoms with van der Waals surface area (Å²) in [6.45, 7) is 1.95. The fourth-order valence-corrected chi connectivity index (χ4v) is 3.26. The van der Waals surface area contributed by atoms with Crippen molar-refractivity contribution in [1.29, 1.82) is 0 Å². The van der Waals surface area contributed by atoms with E-state index in [0.717, 1.165) is 12.7 Å². The summed E-state index contributed by atoms with van der Waals surface area (Å²) in [6.07, 6.45) is -7.60. The summed E-state index contributed by atoms with van der Waals surface area (Å²) >= 11 is 0. The maximum Gasteiger partial charge on any atom is 0.408 e. The second-order valence-electron chi connectivity index (χ2n) is 7.48. The van der Waals surface area contributed by atoms with E-state index in [1.807, 2.05) is 6.07 Å². The highest BCUT2D eigenvalue weighted by Crippen LogP contribution is 2.24. The first-order valence-electron chi connectivity index (χ1n) is 10.3. The molecule has 1 aliphatic heterocycles. The highest BCUT2D eigenvalue weighted by molar-refractivity contribution is 5.81. The van der Waals surface area contributed by atoms with Crippen LogP contribution in [0.15, 0.2) is 30.3 Å². The molecule has 7 unspecified atom stereocenters. The molecule has 1 fully saturated rings. The van der Waals surface area contributed by atoms with Gasteiger partial charge >= 0.3 is 12.1 Å². The molecule has 184 valence electrons. The van der Waals surface area contributed by atoms with Gasteiger partial charge in [-0.3, -0.25) is 4.79 Å². The van der Waals surface area contributed by atoms with E-state index in [4.69, 9.17) is 18.9 Å². The molecule has 33 heavy (non-hydrogen) atoms. The molecule has 0 saturated carbocycles. The van der Waals surface area contributed by atoms with E-state index in [9.17, 15) is 29.7 Å². The van der Waals surface area contributed by atoms with Crippen LogP contribution in [0.4, 0.5) is 4.79 Å². The molecule has 12 nitrogen and oxygen atoms in total. The molecule has 1 aliphatic rings. The van der Waals surface area contributed by atoms with Crippen LogP contribution in [0, 0.1) is 0 Å². The summed E-state index contributed by atoms with van der Waals surface area (Å²) in [7, 11) is 1.12. The van der Waals surface area contributed by atoms with Gasteiger partial charge in [0.1, 0.15) is 31.0 Å². The van der Waals surface area contributed by atoms with E-state index >= 15 is 0 Å². The number of carbonyl (C=O) groups is 3. The first-order chi connectivity index (χ1) is 15.7. The Morgan fingerprint density at radius 1 is 1.15 bits per heavy atom. The molecule has 1 heterocycles. The largest absolute Gasteiger partial charge is 0.467 e. The van der Waals surface area contributed by atoms with E-state index in [0.29, 0.717) is 0 Å². The molecule has 2 rings (SSSR count). The van der Waals surface area contributed by atoms with Crippen molar-refractivity contribution in [2.45, 2.75) is 63.2 Å². The minimum atomic E-state index is -1.53. The lowest BCUT2D eigenvalue weighted by molar-refractivity contribution is -0.282. The number of rotatable bonds is 9. The third kappa shape index (κ3) is 7.37. The van der Waals surface area contributed by atoms with Crippen LogP contribution in [0.3, 0.4) is 0 Å². The average molecular weight is 470 g/mol. The number of benzene rings is 1. The quantitative estimate of drug-likeness (QED) is 0.276. The Morgan fingerprint density at radius 3 is 2.39 bits per heavy atom. The topological polar surface area (TPSA) is 173 Å². The molecule has 0 spiro atoms. The van der Waals surface area contributed by atoms with Gasteiger partial charge in [0.15, 0.2) is 12.3 Å².